The molecule has 2 amide bonds. The van der Waals surface area contributed by atoms with Crippen LogP contribution in [0.3, 0.4) is 0 Å². The summed E-state index contributed by atoms with van der Waals surface area (Å²) in [5.41, 5.74) is 3.72. The van der Waals surface area contributed by atoms with Crippen LogP contribution in [-0.4, -0.2) is 29.2 Å². The van der Waals surface area contributed by atoms with Gasteiger partial charge in [0.05, 0.1) is 6.04 Å². The summed E-state index contributed by atoms with van der Waals surface area (Å²) < 4.78 is 0. The van der Waals surface area contributed by atoms with Crippen LogP contribution in [0.15, 0.2) is 41.1 Å². The van der Waals surface area contributed by atoms with Gasteiger partial charge >= 0.3 is 6.03 Å². The minimum absolute atomic E-state index is 0.0450. The number of fused-ring (bicyclic) bond motifs is 1. The number of aliphatic hydroxyl groups excluding tert-OH is 1. The van der Waals surface area contributed by atoms with Crippen LogP contribution >= 0.6 is 11.3 Å². The molecule has 0 fully saturated rings. The Morgan fingerprint density at radius 2 is 2.21 bits per heavy atom. The molecule has 0 saturated carbocycles. The minimum atomic E-state index is -0.0450. The molecule has 1 unspecified atom stereocenters. The molecule has 128 valence electrons. The molecule has 0 spiro atoms. The minimum Gasteiger partial charge on any atom is -0.396 e. The molecule has 1 aliphatic rings. The van der Waals surface area contributed by atoms with Crippen molar-refractivity contribution < 1.29 is 9.90 Å². The van der Waals surface area contributed by atoms with Gasteiger partial charge in [-0.15, -0.1) is 0 Å². The number of benzene rings is 1. The van der Waals surface area contributed by atoms with Gasteiger partial charge in [-0.1, -0.05) is 24.3 Å². The third kappa shape index (κ3) is 3.97. The number of aliphatic hydroxyl groups is 1. The van der Waals surface area contributed by atoms with Crippen LogP contribution in [0.1, 0.15) is 42.0 Å². The molecule has 1 aliphatic carbocycles. The van der Waals surface area contributed by atoms with Gasteiger partial charge in [-0.25, -0.2) is 4.79 Å². The summed E-state index contributed by atoms with van der Waals surface area (Å²) in [5.74, 6) is 0. The third-order valence-corrected chi connectivity index (χ3v) is 5.29. The van der Waals surface area contributed by atoms with E-state index in [1.807, 2.05) is 27.8 Å². The number of hydrogen-bond donors (Lipinski definition) is 2. The van der Waals surface area contributed by atoms with Gasteiger partial charge in [-0.2, -0.15) is 11.3 Å². The second kappa shape index (κ2) is 8.31. The lowest BCUT2D eigenvalue weighted by atomic mass is 9.87. The molecule has 3 rings (SSSR count). The van der Waals surface area contributed by atoms with Crippen molar-refractivity contribution in [3.05, 3.63) is 57.8 Å². The molecule has 1 heterocycles. The van der Waals surface area contributed by atoms with Gasteiger partial charge in [0.1, 0.15) is 0 Å². The lowest BCUT2D eigenvalue weighted by Gasteiger charge is -2.36. The van der Waals surface area contributed by atoms with Gasteiger partial charge in [-0.05, 0) is 59.2 Å². The number of amides is 2. The van der Waals surface area contributed by atoms with Gasteiger partial charge < -0.3 is 15.3 Å². The van der Waals surface area contributed by atoms with E-state index >= 15 is 0 Å². The Kier molecular flexibility index (Phi) is 5.88. The number of nitrogens with zero attached hydrogens (tertiary/aromatic N) is 1. The van der Waals surface area contributed by atoms with Gasteiger partial charge in [-0.3, -0.25) is 0 Å². The van der Waals surface area contributed by atoms with E-state index in [1.54, 1.807) is 11.3 Å². The molecule has 1 atom stereocenters. The summed E-state index contributed by atoms with van der Waals surface area (Å²) >= 11 is 1.63. The molecule has 1 aromatic carbocycles. The van der Waals surface area contributed by atoms with Crippen LogP contribution in [0.2, 0.25) is 0 Å². The SMILES string of the molecule is O=C(NCc1ccsc1)N(CCCO)C1CCCc2ccccc21. The fourth-order valence-corrected chi connectivity index (χ4v) is 4.03. The molecule has 0 bridgehead atoms. The van der Waals surface area contributed by atoms with E-state index in [9.17, 15) is 9.90 Å². The van der Waals surface area contributed by atoms with E-state index in [2.05, 4.69) is 23.5 Å². The first kappa shape index (κ1) is 17.0. The standard InChI is InChI=1S/C19H24N2O2S/c22-11-4-10-21(19(23)20-13-15-9-12-24-14-15)18-8-3-6-16-5-1-2-7-17(16)18/h1-2,5,7,9,12,14,18,22H,3-4,6,8,10-11,13H2,(H,20,23). The maximum atomic E-state index is 12.8. The van der Waals surface area contributed by atoms with E-state index in [0.29, 0.717) is 19.5 Å². The van der Waals surface area contributed by atoms with Gasteiger partial charge in [0, 0.05) is 19.7 Å². The Morgan fingerprint density at radius 3 is 3.00 bits per heavy atom. The normalized spacial score (nSPS) is 16.5. The van der Waals surface area contributed by atoms with Gasteiger partial charge in [0.2, 0.25) is 0 Å². The van der Waals surface area contributed by atoms with Gasteiger partial charge in [0.25, 0.3) is 0 Å². The molecule has 0 aliphatic heterocycles. The average Bonchev–Trinajstić information content (AvgIpc) is 3.14. The Hall–Kier alpha value is -1.85. The Labute approximate surface area is 147 Å². The summed E-state index contributed by atoms with van der Waals surface area (Å²) in [5, 5.41) is 16.3. The zero-order valence-corrected chi connectivity index (χ0v) is 14.6. The number of hydrogen-bond acceptors (Lipinski definition) is 3. The van der Waals surface area contributed by atoms with Crippen molar-refractivity contribution in [1.82, 2.24) is 10.2 Å². The Balaban J connectivity index is 1.75. The van der Waals surface area contributed by atoms with E-state index in [4.69, 9.17) is 0 Å². The molecule has 4 nitrogen and oxygen atoms in total. The van der Waals surface area contributed by atoms with Crippen molar-refractivity contribution in [2.24, 2.45) is 0 Å². The molecule has 24 heavy (non-hydrogen) atoms. The maximum absolute atomic E-state index is 12.8. The fourth-order valence-electron chi connectivity index (χ4n) is 3.36. The number of urea groups is 1. The molecule has 2 aromatic rings. The van der Waals surface area contributed by atoms with E-state index < -0.39 is 0 Å². The van der Waals surface area contributed by atoms with E-state index in [0.717, 1.165) is 24.8 Å². The summed E-state index contributed by atoms with van der Waals surface area (Å²) in [6, 6.07) is 10.5. The summed E-state index contributed by atoms with van der Waals surface area (Å²) in [7, 11) is 0. The van der Waals surface area contributed by atoms with Crippen LogP contribution < -0.4 is 5.32 Å². The van der Waals surface area contributed by atoms with Crippen LogP contribution in [0.5, 0.6) is 0 Å². The fraction of sp³-hybridized carbons (Fsp3) is 0.421. The van der Waals surface area contributed by atoms with Crippen molar-refractivity contribution in [1.29, 1.82) is 0 Å². The first-order valence-corrected chi connectivity index (χ1v) is 9.48. The molecule has 1 aromatic heterocycles. The number of nitrogens with one attached hydrogen (secondary N) is 1. The van der Waals surface area contributed by atoms with Crippen molar-refractivity contribution in [2.75, 3.05) is 13.2 Å². The highest BCUT2D eigenvalue weighted by molar-refractivity contribution is 7.07. The van der Waals surface area contributed by atoms with Crippen LogP contribution in [-0.2, 0) is 13.0 Å². The van der Waals surface area contributed by atoms with E-state index in [1.165, 1.54) is 11.1 Å². The zero-order chi connectivity index (χ0) is 16.8. The van der Waals surface area contributed by atoms with Gasteiger partial charge in [0.15, 0.2) is 0 Å². The highest BCUT2D eigenvalue weighted by Crippen LogP contribution is 2.34. The highest BCUT2D eigenvalue weighted by atomic mass is 32.1. The summed E-state index contributed by atoms with van der Waals surface area (Å²) in [6.45, 7) is 1.22. The Morgan fingerprint density at radius 1 is 1.33 bits per heavy atom. The first-order chi connectivity index (χ1) is 11.8. The highest BCUT2D eigenvalue weighted by Gasteiger charge is 2.28. The lowest BCUT2D eigenvalue weighted by Crippen LogP contribution is -2.43. The van der Waals surface area contributed by atoms with E-state index in [-0.39, 0.29) is 18.7 Å². The van der Waals surface area contributed by atoms with Crippen LogP contribution in [0.25, 0.3) is 0 Å². The maximum Gasteiger partial charge on any atom is 0.318 e. The lowest BCUT2D eigenvalue weighted by molar-refractivity contribution is 0.157. The largest absolute Gasteiger partial charge is 0.396 e. The smallest absolute Gasteiger partial charge is 0.318 e. The average molecular weight is 344 g/mol. The molecule has 5 heteroatoms. The van der Waals surface area contributed by atoms with Crippen molar-refractivity contribution >= 4 is 17.4 Å². The number of aryl methyl sites for hydroxylation is 1. The second-order valence-electron chi connectivity index (χ2n) is 6.17. The topological polar surface area (TPSA) is 52.6 Å². The number of carbonyl (C=O) groups is 1. The molecular weight excluding hydrogens is 320 g/mol. The molecule has 2 N–H and O–H groups in total. The number of thiophene rings is 1. The second-order valence-corrected chi connectivity index (χ2v) is 6.95. The Bertz CT molecular complexity index is 657. The van der Waals surface area contributed by atoms with Crippen molar-refractivity contribution in [2.45, 2.75) is 38.3 Å². The summed E-state index contributed by atoms with van der Waals surface area (Å²) in [6.07, 6.45) is 3.75. The quantitative estimate of drug-likeness (QED) is 0.839. The zero-order valence-electron chi connectivity index (χ0n) is 13.8. The summed E-state index contributed by atoms with van der Waals surface area (Å²) in [4.78, 5) is 14.7. The predicted octanol–water partition coefficient (Wildman–Crippen LogP) is 3.72. The number of rotatable bonds is 6. The van der Waals surface area contributed by atoms with Crippen molar-refractivity contribution in [3.8, 4) is 0 Å². The first-order valence-electron chi connectivity index (χ1n) is 8.54. The molecule has 0 saturated heterocycles. The molecular formula is C19H24N2O2S. The third-order valence-electron chi connectivity index (χ3n) is 4.56. The monoisotopic (exact) mass is 344 g/mol. The predicted molar refractivity (Wildman–Crippen MR) is 97.1 cm³/mol. The number of carbonyl (C=O) groups excluding carboxylic acids is 1. The van der Waals surface area contributed by atoms with Crippen LogP contribution in [0, 0.1) is 0 Å². The van der Waals surface area contributed by atoms with Crippen LogP contribution in [0.4, 0.5) is 4.79 Å². The van der Waals surface area contributed by atoms with Crippen molar-refractivity contribution in [3.63, 3.8) is 0 Å². The molecule has 0 radical (unpaired) electrons.